The molecule has 2 fully saturated rings. The van der Waals surface area contributed by atoms with E-state index in [4.69, 9.17) is 25.5 Å². The number of nitrogens with one attached hydrogen (secondary N) is 1. The van der Waals surface area contributed by atoms with Crippen LogP contribution in [0.4, 0.5) is 26.3 Å². The van der Waals surface area contributed by atoms with Crippen molar-refractivity contribution in [2.24, 2.45) is 11.7 Å². The molecule has 2 saturated heterocycles. The number of amides is 1. The number of aliphatic carboxylic acids is 2. The lowest BCUT2D eigenvalue weighted by Gasteiger charge is -2.46. The van der Waals surface area contributed by atoms with Crippen LogP contribution < -0.4 is 11.1 Å². The molecule has 17 heteroatoms. The van der Waals surface area contributed by atoms with Crippen LogP contribution >= 0.6 is 0 Å². The SMILES string of the molecule is CC1(C)CC(CC(=O)N2CCC(n3cc(C(C)(C)N)nn3)CC2)CC(C)(C)N1.O=C(O)C(F)(F)F.O=C(O)C(F)(F)F. The fraction of sp³-hybridized carbons (Fsp3) is 0.800. The first kappa shape index (κ1) is 37.1. The predicted octanol–water partition coefficient (Wildman–Crippen LogP) is 3.85. The Morgan fingerprint density at radius 1 is 0.952 bits per heavy atom. The zero-order valence-corrected chi connectivity index (χ0v) is 24.4. The third-order valence-electron chi connectivity index (χ3n) is 6.58. The highest BCUT2D eigenvalue weighted by molar-refractivity contribution is 5.76. The quantitative estimate of drug-likeness (QED) is 0.367. The van der Waals surface area contributed by atoms with Crippen molar-refractivity contribution in [1.82, 2.24) is 25.2 Å². The smallest absolute Gasteiger partial charge is 0.475 e. The number of rotatable bonds is 4. The van der Waals surface area contributed by atoms with Crippen LogP contribution in [0.1, 0.15) is 85.4 Å². The molecule has 0 radical (unpaired) electrons. The maximum absolute atomic E-state index is 12.9. The molecule has 0 unspecified atom stereocenters. The zero-order valence-electron chi connectivity index (χ0n) is 24.4. The molecule has 1 amide bonds. The number of carboxylic acids is 2. The van der Waals surface area contributed by atoms with E-state index < -0.39 is 29.8 Å². The highest BCUT2D eigenvalue weighted by Gasteiger charge is 2.40. The number of aromatic nitrogens is 3. The molecule has 2 aliphatic rings. The van der Waals surface area contributed by atoms with E-state index in [1.165, 1.54) is 0 Å². The normalized spacial score (nSPS) is 19.6. The lowest BCUT2D eigenvalue weighted by atomic mass is 9.74. The zero-order chi connectivity index (χ0) is 32.9. The number of carbonyl (C=O) groups is 3. The Bertz CT molecular complexity index is 1030. The van der Waals surface area contributed by atoms with Gasteiger partial charge in [-0.1, -0.05) is 5.21 Å². The number of nitrogens with zero attached hydrogens (tertiary/aromatic N) is 4. The molecule has 1 aromatic rings. The Hall–Kier alpha value is -2.95. The van der Waals surface area contributed by atoms with Crippen LogP contribution in [0.25, 0.3) is 0 Å². The van der Waals surface area contributed by atoms with E-state index >= 15 is 0 Å². The molecule has 3 rings (SSSR count). The van der Waals surface area contributed by atoms with Crippen molar-refractivity contribution in [3.63, 3.8) is 0 Å². The van der Waals surface area contributed by atoms with Gasteiger partial charge in [0.2, 0.25) is 5.91 Å². The second-order valence-corrected chi connectivity index (χ2v) is 12.4. The van der Waals surface area contributed by atoms with E-state index in [-0.39, 0.29) is 11.1 Å². The highest BCUT2D eigenvalue weighted by atomic mass is 19.4. The Labute approximate surface area is 239 Å². The summed E-state index contributed by atoms with van der Waals surface area (Å²) in [6.45, 7) is 14.4. The summed E-state index contributed by atoms with van der Waals surface area (Å²) in [6.07, 6.45) is -3.61. The summed E-state index contributed by atoms with van der Waals surface area (Å²) in [5, 5.41) is 26.5. The van der Waals surface area contributed by atoms with Gasteiger partial charge < -0.3 is 26.2 Å². The third-order valence-corrected chi connectivity index (χ3v) is 6.58. The van der Waals surface area contributed by atoms with Crippen molar-refractivity contribution in [2.45, 2.75) is 109 Å². The maximum atomic E-state index is 12.9. The Morgan fingerprint density at radius 2 is 1.36 bits per heavy atom. The highest BCUT2D eigenvalue weighted by Crippen LogP contribution is 2.35. The van der Waals surface area contributed by atoms with Crippen molar-refractivity contribution < 1.29 is 50.9 Å². The number of likely N-dealkylation sites (tertiary alicyclic amines) is 1. The van der Waals surface area contributed by atoms with Crippen molar-refractivity contribution in [1.29, 1.82) is 0 Å². The van der Waals surface area contributed by atoms with Gasteiger partial charge >= 0.3 is 24.3 Å². The fourth-order valence-electron chi connectivity index (χ4n) is 5.18. The molecule has 5 N–H and O–H groups in total. The average Bonchev–Trinajstić information content (AvgIpc) is 3.27. The molecule has 3 heterocycles. The van der Waals surface area contributed by atoms with E-state index in [0.717, 1.165) is 44.5 Å². The monoisotopic (exact) mass is 618 g/mol. The van der Waals surface area contributed by atoms with Crippen molar-refractivity contribution >= 4 is 17.8 Å². The topological polar surface area (TPSA) is 164 Å². The second-order valence-electron chi connectivity index (χ2n) is 12.4. The van der Waals surface area contributed by atoms with Gasteiger partial charge in [0.1, 0.15) is 5.69 Å². The molecule has 0 spiro atoms. The third kappa shape index (κ3) is 12.5. The van der Waals surface area contributed by atoms with E-state index in [1.54, 1.807) is 0 Å². The van der Waals surface area contributed by atoms with Gasteiger partial charge in [0.25, 0.3) is 0 Å². The standard InChI is InChI=1S/C21H38N6O.2C2HF3O2/c1-19(2)12-15(13-20(3,4)24-19)11-18(28)26-9-7-16(8-10-26)27-14-17(23-25-27)21(5,6)22;2*3-2(4,5)1(6)7/h14-16,24H,7-13,22H2,1-6H3;2*(H,6,7). The number of piperidine rings is 2. The summed E-state index contributed by atoms with van der Waals surface area (Å²) in [5.41, 5.74) is 6.61. The van der Waals surface area contributed by atoms with Gasteiger partial charge in [0, 0.05) is 30.6 Å². The molecule has 0 aromatic carbocycles. The number of carbonyl (C=O) groups excluding carboxylic acids is 1. The van der Waals surface area contributed by atoms with Crippen molar-refractivity contribution in [3.05, 3.63) is 11.9 Å². The minimum atomic E-state index is -5.08. The van der Waals surface area contributed by atoms with Gasteiger partial charge in [-0.05, 0) is 73.1 Å². The van der Waals surface area contributed by atoms with E-state index in [9.17, 15) is 31.1 Å². The van der Waals surface area contributed by atoms with Crippen molar-refractivity contribution in [3.8, 4) is 0 Å². The van der Waals surface area contributed by atoms with Gasteiger partial charge in [-0.2, -0.15) is 26.3 Å². The fourth-order valence-corrected chi connectivity index (χ4v) is 5.18. The van der Waals surface area contributed by atoms with Gasteiger partial charge in [-0.15, -0.1) is 5.10 Å². The van der Waals surface area contributed by atoms with Crippen LogP contribution in [0.5, 0.6) is 0 Å². The minimum Gasteiger partial charge on any atom is -0.475 e. The molecule has 2 aliphatic heterocycles. The summed E-state index contributed by atoms with van der Waals surface area (Å²) < 4.78 is 65.4. The van der Waals surface area contributed by atoms with Crippen LogP contribution in [0, 0.1) is 5.92 Å². The van der Waals surface area contributed by atoms with Gasteiger partial charge in [0.15, 0.2) is 0 Å². The van der Waals surface area contributed by atoms with Crippen LogP contribution in [0.2, 0.25) is 0 Å². The van der Waals surface area contributed by atoms with E-state index in [1.807, 2.05) is 29.6 Å². The van der Waals surface area contributed by atoms with Gasteiger partial charge in [-0.25, -0.2) is 14.3 Å². The molecule has 42 heavy (non-hydrogen) atoms. The lowest BCUT2D eigenvalue weighted by molar-refractivity contribution is -0.193. The summed E-state index contributed by atoms with van der Waals surface area (Å²) in [4.78, 5) is 32.8. The van der Waals surface area contributed by atoms with Crippen LogP contribution in [-0.2, 0) is 19.9 Å². The molecular weight excluding hydrogens is 578 g/mol. The Morgan fingerprint density at radius 3 is 1.69 bits per heavy atom. The number of hydrogen-bond donors (Lipinski definition) is 4. The summed E-state index contributed by atoms with van der Waals surface area (Å²) in [6, 6.07) is 0.296. The number of hydrogen-bond acceptors (Lipinski definition) is 7. The Kier molecular flexibility index (Phi) is 12.0. The Balaban J connectivity index is 0.000000522. The summed E-state index contributed by atoms with van der Waals surface area (Å²) >= 11 is 0. The number of halogens is 6. The predicted molar refractivity (Wildman–Crippen MR) is 138 cm³/mol. The molecule has 1 aromatic heterocycles. The van der Waals surface area contributed by atoms with Crippen LogP contribution in [0.3, 0.4) is 0 Å². The minimum absolute atomic E-state index is 0.0846. The molecule has 11 nitrogen and oxygen atoms in total. The number of alkyl halides is 6. The molecule has 0 saturated carbocycles. The largest absolute Gasteiger partial charge is 0.490 e. The van der Waals surface area contributed by atoms with Gasteiger partial charge in [0.05, 0.1) is 17.8 Å². The second kappa shape index (κ2) is 13.6. The molecule has 242 valence electrons. The lowest BCUT2D eigenvalue weighted by Crippen LogP contribution is -2.58. The first-order valence-electron chi connectivity index (χ1n) is 13.1. The molecule has 0 atom stereocenters. The summed E-state index contributed by atoms with van der Waals surface area (Å²) in [5.74, 6) is -4.76. The average molecular weight is 619 g/mol. The molecule has 0 bridgehead atoms. The molecule has 0 aliphatic carbocycles. The van der Waals surface area contributed by atoms with E-state index in [2.05, 4.69) is 43.3 Å². The summed E-state index contributed by atoms with van der Waals surface area (Å²) in [7, 11) is 0. The van der Waals surface area contributed by atoms with Crippen LogP contribution in [-0.4, -0.2) is 84.5 Å². The van der Waals surface area contributed by atoms with Gasteiger partial charge in [-0.3, -0.25) is 4.79 Å². The first-order valence-corrected chi connectivity index (χ1v) is 13.1. The van der Waals surface area contributed by atoms with Crippen LogP contribution in [0.15, 0.2) is 6.20 Å². The van der Waals surface area contributed by atoms with E-state index in [0.29, 0.717) is 24.3 Å². The molecular formula is C25H40F6N6O5. The number of nitrogens with two attached hydrogens (primary N) is 1. The maximum Gasteiger partial charge on any atom is 0.490 e. The first-order chi connectivity index (χ1) is 18.7. The number of carboxylic acid groups (broad SMARTS) is 2. The van der Waals surface area contributed by atoms with Crippen molar-refractivity contribution in [2.75, 3.05) is 13.1 Å².